The van der Waals surface area contributed by atoms with Gasteiger partial charge in [-0.1, -0.05) is 43.7 Å². The normalized spacial score (nSPS) is 13.3. The van der Waals surface area contributed by atoms with Gasteiger partial charge in [-0.3, -0.25) is 0 Å². The number of unbranched alkanes of at least 4 members (excludes halogenated alkanes) is 1. The van der Waals surface area contributed by atoms with Gasteiger partial charge in [-0.15, -0.1) is 0 Å². The van der Waals surface area contributed by atoms with E-state index in [0.717, 1.165) is 21.5 Å². The molecular weight excluding hydrogens is 330 g/mol. The topological polar surface area (TPSA) is 94.9 Å². The van der Waals surface area contributed by atoms with Crippen molar-refractivity contribution in [2.45, 2.75) is 30.8 Å². The Balaban J connectivity index is 2.38. The Morgan fingerprint density at radius 2 is 1.83 bits per heavy atom. The Morgan fingerprint density at radius 3 is 2.46 bits per heavy atom. The van der Waals surface area contributed by atoms with Crippen LogP contribution in [0.15, 0.2) is 47.4 Å². The molecule has 1 unspecified atom stereocenters. The van der Waals surface area contributed by atoms with E-state index >= 15 is 0 Å². The molecule has 0 aliphatic carbocycles. The molecule has 7 heteroatoms. The summed E-state index contributed by atoms with van der Waals surface area (Å²) < 4.78 is 26.8. The summed E-state index contributed by atoms with van der Waals surface area (Å²) >= 11 is 0. The van der Waals surface area contributed by atoms with Gasteiger partial charge < -0.3 is 10.2 Å². The van der Waals surface area contributed by atoms with Crippen LogP contribution in [0, 0.1) is 0 Å². The van der Waals surface area contributed by atoms with E-state index in [1.54, 1.807) is 12.1 Å². The minimum atomic E-state index is -3.88. The molecule has 0 aromatic heterocycles. The molecule has 0 aliphatic rings. The molecule has 0 heterocycles. The lowest BCUT2D eigenvalue weighted by Gasteiger charge is -2.23. The smallest absolute Gasteiger partial charge is 0.333 e. The zero-order chi connectivity index (χ0) is 17.7. The lowest BCUT2D eigenvalue weighted by atomic mass is 10.1. The first-order chi connectivity index (χ1) is 11.4. The third kappa shape index (κ3) is 4.11. The summed E-state index contributed by atoms with van der Waals surface area (Å²) in [5.41, 5.74) is 0. The van der Waals surface area contributed by atoms with Gasteiger partial charge in [0.1, 0.15) is 0 Å². The van der Waals surface area contributed by atoms with Gasteiger partial charge in [0.2, 0.25) is 10.0 Å². The van der Waals surface area contributed by atoms with Crippen LogP contribution in [0.25, 0.3) is 10.8 Å². The number of rotatable bonds is 8. The van der Waals surface area contributed by atoms with Gasteiger partial charge in [0.05, 0.1) is 11.4 Å². The Morgan fingerprint density at radius 1 is 1.17 bits per heavy atom. The van der Waals surface area contributed by atoms with Crippen molar-refractivity contribution in [3.8, 4) is 0 Å². The Kier molecular flexibility index (Phi) is 5.93. The van der Waals surface area contributed by atoms with Crippen LogP contribution in [0.5, 0.6) is 0 Å². The van der Waals surface area contributed by atoms with Crippen molar-refractivity contribution in [3.05, 3.63) is 42.5 Å². The molecule has 0 aliphatic heterocycles. The Bertz CT molecular complexity index is 819. The summed E-state index contributed by atoms with van der Waals surface area (Å²) in [5.74, 6) is -1.44. The lowest BCUT2D eigenvalue weighted by molar-refractivity contribution is -0.146. The molecular formula is C17H21NO5S. The molecule has 2 N–H and O–H groups in total. The molecule has 24 heavy (non-hydrogen) atoms. The second kappa shape index (κ2) is 7.74. The molecule has 0 bridgehead atoms. The third-order valence-electron chi connectivity index (χ3n) is 3.78. The number of aliphatic hydroxyl groups excluding tert-OH is 1. The van der Waals surface area contributed by atoms with Crippen LogP contribution in [-0.2, 0) is 14.8 Å². The van der Waals surface area contributed by atoms with Crippen molar-refractivity contribution in [1.82, 2.24) is 4.31 Å². The minimum Gasteiger partial charge on any atom is -0.479 e. The summed E-state index contributed by atoms with van der Waals surface area (Å²) in [6, 6.07) is 12.2. The van der Waals surface area contributed by atoms with Crippen LogP contribution in [0.2, 0.25) is 0 Å². The number of aliphatic carboxylic acids is 1. The van der Waals surface area contributed by atoms with Crippen LogP contribution in [0.4, 0.5) is 0 Å². The molecule has 0 saturated heterocycles. The van der Waals surface area contributed by atoms with Crippen molar-refractivity contribution >= 4 is 26.8 Å². The van der Waals surface area contributed by atoms with Crippen LogP contribution < -0.4 is 0 Å². The number of hydrogen-bond acceptors (Lipinski definition) is 4. The van der Waals surface area contributed by atoms with E-state index < -0.39 is 28.6 Å². The largest absolute Gasteiger partial charge is 0.479 e. The van der Waals surface area contributed by atoms with Crippen LogP contribution in [-0.4, -0.2) is 48.1 Å². The van der Waals surface area contributed by atoms with E-state index in [-0.39, 0.29) is 11.4 Å². The summed E-state index contributed by atoms with van der Waals surface area (Å²) in [6.45, 7) is 1.61. The standard InChI is InChI=1S/C17H21NO5S/c1-2-3-10-18(12-16(19)17(20)21)24(22,23)15-9-8-13-6-4-5-7-14(13)11-15/h4-9,11,16,19H,2-3,10,12H2,1H3,(H,20,21). The zero-order valence-corrected chi connectivity index (χ0v) is 14.2. The van der Waals surface area contributed by atoms with E-state index in [4.69, 9.17) is 5.11 Å². The fourth-order valence-electron chi connectivity index (χ4n) is 2.39. The number of aliphatic hydroxyl groups is 1. The van der Waals surface area contributed by atoms with Crippen LogP contribution in [0.1, 0.15) is 19.8 Å². The van der Waals surface area contributed by atoms with E-state index in [1.165, 1.54) is 6.07 Å². The highest BCUT2D eigenvalue weighted by Crippen LogP contribution is 2.22. The summed E-state index contributed by atoms with van der Waals surface area (Å²) in [4.78, 5) is 11.0. The molecule has 1 atom stereocenters. The van der Waals surface area contributed by atoms with Crippen LogP contribution >= 0.6 is 0 Å². The monoisotopic (exact) mass is 351 g/mol. The molecule has 0 fully saturated rings. The van der Waals surface area contributed by atoms with Gasteiger partial charge in [-0.2, -0.15) is 4.31 Å². The molecule has 0 amide bonds. The van der Waals surface area contributed by atoms with Crippen molar-refractivity contribution in [1.29, 1.82) is 0 Å². The highest BCUT2D eigenvalue weighted by atomic mass is 32.2. The molecule has 2 aromatic carbocycles. The maximum absolute atomic E-state index is 12.9. The van der Waals surface area contributed by atoms with Gasteiger partial charge >= 0.3 is 5.97 Å². The first kappa shape index (κ1) is 18.4. The first-order valence-electron chi connectivity index (χ1n) is 7.76. The first-order valence-corrected chi connectivity index (χ1v) is 9.20. The van der Waals surface area contributed by atoms with Crippen molar-refractivity contribution < 1.29 is 23.4 Å². The number of hydrogen-bond donors (Lipinski definition) is 2. The lowest BCUT2D eigenvalue weighted by Crippen LogP contribution is -2.41. The summed E-state index contributed by atoms with van der Waals surface area (Å²) in [6.07, 6.45) is -0.413. The molecule has 130 valence electrons. The van der Waals surface area contributed by atoms with Gasteiger partial charge in [-0.05, 0) is 29.3 Å². The quantitative estimate of drug-likeness (QED) is 0.759. The molecule has 0 spiro atoms. The molecule has 0 radical (unpaired) electrons. The highest BCUT2D eigenvalue weighted by Gasteiger charge is 2.28. The van der Waals surface area contributed by atoms with E-state index in [0.29, 0.717) is 6.42 Å². The molecule has 2 aromatic rings. The molecule has 2 rings (SSSR count). The predicted molar refractivity (Wildman–Crippen MR) is 91.3 cm³/mol. The molecule has 6 nitrogen and oxygen atoms in total. The number of carboxylic acid groups (broad SMARTS) is 1. The predicted octanol–water partition coefficient (Wildman–Crippen LogP) is 2.08. The fraction of sp³-hybridized carbons (Fsp3) is 0.353. The van der Waals surface area contributed by atoms with Crippen molar-refractivity contribution in [2.75, 3.05) is 13.1 Å². The average Bonchev–Trinajstić information content (AvgIpc) is 2.57. The minimum absolute atomic E-state index is 0.0925. The highest BCUT2D eigenvalue weighted by molar-refractivity contribution is 7.89. The SMILES string of the molecule is CCCCN(CC(O)C(=O)O)S(=O)(=O)c1ccc2ccccc2c1. The second-order valence-electron chi connectivity index (χ2n) is 5.58. The Hall–Kier alpha value is -1.96. The number of sulfonamides is 1. The summed E-state index contributed by atoms with van der Waals surface area (Å²) in [7, 11) is -3.88. The maximum Gasteiger partial charge on any atom is 0.333 e. The summed E-state index contributed by atoms with van der Waals surface area (Å²) in [5, 5.41) is 20.1. The number of benzene rings is 2. The fourth-order valence-corrected chi connectivity index (χ4v) is 3.91. The van der Waals surface area contributed by atoms with Gasteiger partial charge in [0.25, 0.3) is 0 Å². The molecule has 0 saturated carbocycles. The Labute approximate surface area is 141 Å². The van der Waals surface area contributed by atoms with Gasteiger partial charge in [0.15, 0.2) is 6.10 Å². The van der Waals surface area contributed by atoms with Crippen molar-refractivity contribution in [2.24, 2.45) is 0 Å². The number of carboxylic acids is 1. The number of fused-ring (bicyclic) bond motifs is 1. The zero-order valence-electron chi connectivity index (χ0n) is 13.4. The second-order valence-corrected chi connectivity index (χ2v) is 7.52. The van der Waals surface area contributed by atoms with Gasteiger partial charge in [-0.25, -0.2) is 13.2 Å². The number of nitrogens with zero attached hydrogens (tertiary/aromatic N) is 1. The van der Waals surface area contributed by atoms with Crippen LogP contribution in [0.3, 0.4) is 0 Å². The van der Waals surface area contributed by atoms with Gasteiger partial charge in [0, 0.05) is 6.54 Å². The van der Waals surface area contributed by atoms with E-state index in [1.807, 2.05) is 31.2 Å². The van der Waals surface area contributed by atoms with E-state index in [2.05, 4.69) is 0 Å². The number of carbonyl (C=O) groups is 1. The van der Waals surface area contributed by atoms with Crippen molar-refractivity contribution in [3.63, 3.8) is 0 Å². The third-order valence-corrected chi connectivity index (χ3v) is 5.64. The maximum atomic E-state index is 12.9. The van der Waals surface area contributed by atoms with E-state index in [9.17, 15) is 18.3 Å². The average molecular weight is 351 g/mol.